The van der Waals surface area contributed by atoms with Gasteiger partial charge in [-0.05, 0) is 19.4 Å². The Morgan fingerprint density at radius 3 is 2.69 bits per heavy atom. The van der Waals surface area contributed by atoms with Gasteiger partial charge in [-0.3, -0.25) is 0 Å². The number of hydrogen-bond acceptors (Lipinski definition) is 2. The molecule has 1 aliphatic rings. The van der Waals surface area contributed by atoms with E-state index in [-0.39, 0.29) is 0 Å². The van der Waals surface area contributed by atoms with E-state index in [1.165, 1.54) is 0 Å². The van der Waals surface area contributed by atoms with Crippen LogP contribution in [0.5, 0.6) is 0 Å². The van der Waals surface area contributed by atoms with Crippen LogP contribution in [0, 0.1) is 5.92 Å². The molecule has 2 atom stereocenters. The summed E-state index contributed by atoms with van der Waals surface area (Å²) in [5.41, 5.74) is 0. The molecule has 0 aromatic rings. The van der Waals surface area contributed by atoms with Gasteiger partial charge in [0.05, 0.1) is 0 Å². The van der Waals surface area contributed by atoms with Crippen molar-refractivity contribution in [3.63, 3.8) is 0 Å². The molecular formula is C10H21FN2. The highest BCUT2D eigenvalue weighted by atomic mass is 19.1. The van der Waals surface area contributed by atoms with Crippen LogP contribution in [-0.2, 0) is 0 Å². The van der Waals surface area contributed by atoms with Gasteiger partial charge in [-0.25, -0.2) is 4.39 Å². The third-order valence-corrected chi connectivity index (χ3v) is 2.38. The van der Waals surface area contributed by atoms with E-state index in [2.05, 4.69) is 31.1 Å². The van der Waals surface area contributed by atoms with Gasteiger partial charge in [0.25, 0.3) is 0 Å². The molecule has 0 spiro atoms. The molecule has 1 heterocycles. The molecule has 2 nitrogen and oxygen atoms in total. The van der Waals surface area contributed by atoms with Gasteiger partial charge in [-0.2, -0.15) is 0 Å². The predicted molar refractivity (Wildman–Crippen MR) is 53.6 cm³/mol. The average molecular weight is 188 g/mol. The summed E-state index contributed by atoms with van der Waals surface area (Å²) in [6.45, 7) is 7.01. The van der Waals surface area contributed by atoms with E-state index < -0.39 is 6.17 Å². The van der Waals surface area contributed by atoms with Crippen molar-refractivity contribution in [3.05, 3.63) is 0 Å². The van der Waals surface area contributed by atoms with Crippen LogP contribution in [0.1, 0.15) is 20.3 Å². The van der Waals surface area contributed by atoms with Gasteiger partial charge >= 0.3 is 0 Å². The first-order valence-electron chi connectivity index (χ1n) is 5.14. The van der Waals surface area contributed by atoms with Crippen molar-refractivity contribution in [3.8, 4) is 0 Å². The van der Waals surface area contributed by atoms with E-state index >= 15 is 0 Å². The fourth-order valence-corrected chi connectivity index (χ4v) is 1.98. The molecule has 3 heteroatoms. The molecule has 0 aliphatic carbocycles. The van der Waals surface area contributed by atoms with E-state index in [4.69, 9.17) is 0 Å². The number of likely N-dealkylation sites (N-methyl/N-ethyl adjacent to an activating group) is 1. The van der Waals surface area contributed by atoms with Crippen molar-refractivity contribution in [2.24, 2.45) is 5.92 Å². The maximum absolute atomic E-state index is 12.8. The lowest BCUT2D eigenvalue weighted by atomic mass is 10.1. The highest BCUT2D eigenvalue weighted by Gasteiger charge is 2.24. The summed E-state index contributed by atoms with van der Waals surface area (Å²) in [5, 5.41) is 3.19. The smallest absolute Gasteiger partial charge is 0.114 e. The second-order valence-corrected chi connectivity index (χ2v) is 4.55. The topological polar surface area (TPSA) is 15.3 Å². The molecule has 1 N–H and O–H groups in total. The largest absolute Gasteiger partial charge is 0.310 e. The van der Waals surface area contributed by atoms with Crippen LogP contribution in [0.2, 0.25) is 0 Å². The first-order chi connectivity index (χ1) is 6.08. The Morgan fingerprint density at radius 1 is 1.54 bits per heavy atom. The molecule has 2 unspecified atom stereocenters. The SMILES string of the molecule is CC(C)CN(C)CC1CC(F)CN1. The molecule has 0 bridgehead atoms. The Bertz CT molecular complexity index is 150. The number of alkyl halides is 1. The van der Waals surface area contributed by atoms with Gasteiger partial charge in [0.2, 0.25) is 0 Å². The molecule has 0 saturated carbocycles. The minimum atomic E-state index is -0.627. The standard InChI is InChI=1S/C10H21FN2/c1-8(2)6-13(3)7-10-4-9(11)5-12-10/h8-10,12H,4-7H2,1-3H3. The van der Waals surface area contributed by atoms with Gasteiger partial charge in [-0.1, -0.05) is 13.8 Å². The summed E-state index contributed by atoms with van der Waals surface area (Å²) >= 11 is 0. The summed E-state index contributed by atoms with van der Waals surface area (Å²) in [6, 6.07) is 0.360. The Hall–Kier alpha value is -0.150. The monoisotopic (exact) mass is 188 g/mol. The molecule has 0 amide bonds. The lowest BCUT2D eigenvalue weighted by molar-refractivity contribution is 0.264. The molecule has 1 rings (SSSR count). The Morgan fingerprint density at radius 2 is 2.23 bits per heavy atom. The Balaban J connectivity index is 2.16. The number of halogens is 1. The second-order valence-electron chi connectivity index (χ2n) is 4.55. The van der Waals surface area contributed by atoms with Gasteiger partial charge in [0, 0.05) is 25.7 Å². The highest BCUT2D eigenvalue weighted by Crippen LogP contribution is 2.11. The molecule has 1 aliphatic heterocycles. The lowest BCUT2D eigenvalue weighted by Gasteiger charge is -2.22. The van der Waals surface area contributed by atoms with E-state index in [1.54, 1.807) is 0 Å². The van der Waals surface area contributed by atoms with Crippen molar-refractivity contribution in [1.29, 1.82) is 0 Å². The van der Waals surface area contributed by atoms with Crippen molar-refractivity contribution in [2.45, 2.75) is 32.5 Å². The molecule has 0 radical (unpaired) electrons. The summed E-state index contributed by atoms with van der Waals surface area (Å²) in [7, 11) is 2.10. The minimum Gasteiger partial charge on any atom is -0.310 e. The van der Waals surface area contributed by atoms with Gasteiger partial charge in [-0.15, -0.1) is 0 Å². The van der Waals surface area contributed by atoms with Crippen LogP contribution >= 0.6 is 0 Å². The highest BCUT2D eigenvalue weighted by molar-refractivity contribution is 4.83. The molecule has 0 aromatic carbocycles. The number of nitrogens with zero attached hydrogens (tertiary/aromatic N) is 1. The summed E-state index contributed by atoms with van der Waals surface area (Å²) in [5.74, 6) is 0.688. The lowest BCUT2D eigenvalue weighted by Crippen LogP contribution is -2.36. The first-order valence-corrected chi connectivity index (χ1v) is 5.14. The van der Waals surface area contributed by atoms with Gasteiger partial charge < -0.3 is 10.2 Å². The Labute approximate surface area is 80.5 Å². The normalized spacial score (nSPS) is 29.1. The Kier molecular flexibility index (Phi) is 4.13. The summed E-state index contributed by atoms with van der Waals surface area (Å²) in [6.07, 6.45) is 0.0556. The van der Waals surface area contributed by atoms with Crippen molar-refractivity contribution < 1.29 is 4.39 Å². The quantitative estimate of drug-likeness (QED) is 0.715. The van der Waals surface area contributed by atoms with Crippen molar-refractivity contribution in [1.82, 2.24) is 10.2 Å². The van der Waals surface area contributed by atoms with Crippen LogP contribution in [0.3, 0.4) is 0 Å². The zero-order valence-corrected chi connectivity index (χ0v) is 8.89. The zero-order chi connectivity index (χ0) is 9.84. The fraction of sp³-hybridized carbons (Fsp3) is 1.00. The van der Waals surface area contributed by atoms with Gasteiger partial charge in [0.15, 0.2) is 0 Å². The predicted octanol–water partition coefficient (Wildman–Crippen LogP) is 1.27. The maximum atomic E-state index is 12.8. The third kappa shape index (κ3) is 4.05. The number of nitrogens with one attached hydrogen (secondary N) is 1. The third-order valence-electron chi connectivity index (χ3n) is 2.38. The minimum absolute atomic E-state index is 0.360. The van der Waals surface area contributed by atoms with E-state index in [9.17, 15) is 4.39 Å². The van der Waals surface area contributed by atoms with Crippen LogP contribution in [0.15, 0.2) is 0 Å². The maximum Gasteiger partial charge on any atom is 0.114 e. The fourth-order valence-electron chi connectivity index (χ4n) is 1.98. The van der Waals surface area contributed by atoms with Crippen LogP contribution in [-0.4, -0.2) is 43.8 Å². The summed E-state index contributed by atoms with van der Waals surface area (Å²) in [4.78, 5) is 2.28. The van der Waals surface area contributed by atoms with E-state index in [0.717, 1.165) is 13.1 Å². The molecule has 13 heavy (non-hydrogen) atoms. The van der Waals surface area contributed by atoms with E-state index in [1.807, 2.05) is 0 Å². The van der Waals surface area contributed by atoms with E-state index in [0.29, 0.717) is 24.9 Å². The van der Waals surface area contributed by atoms with Crippen LogP contribution in [0.4, 0.5) is 4.39 Å². The molecule has 1 saturated heterocycles. The summed E-state index contributed by atoms with van der Waals surface area (Å²) < 4.78 is 12.8. The number of hydrogen-bond donors (Lipinski definition) is 1. The van der Waals surface area contributed by atoms with Crippen LogP contribution < -0.4 is 5.32 Å². The van der Waals surface area contributed by atoms with Gasteiger partial charge in [0.1, 0.15) is 6.17 Å². The van der Waals surface area contributed by atoms with Crippen molar-refractivity contribution in [2.75, 3.05) is 26.7 Å². The average Bonchev–Trinajstić information content (AvgIpc) is 2.33. The number of rotatable bonds is 4. The molecule has 78 valence electrons. The molecule has 1 fully saturated rings. The second kappa shape index (κ2) is 4.91. The molecular weight excluding hydrogens is 167 g/mol. The van der Waals surface area contributed by atoms with Crippen LogP contribution in [0.25, 0.3) is 0 Å². The first kappa shape index (κ1) is 10.9. The molecule has 0 aromatic heterocycles. The van der Waals surface area contributed by atoms with Crippen molar-refractivity contribution >= 4 is 0 Å². The zero-order valence-electron chi connectivity index (χ0n) is 8.89.